The van der Waals surface area contributed by atoms with Gasteiger partial charge in [0.15, 0.2) is 0 Å². The van der Waals surface area contributed by atoms with Gasteiger partial charge in [0.2, 0.25) is 0 Å². The van der Waals surface area contributed by atoms with Crippen molar-refractivity contribution in [3.05, 3.63) is 0 Å². The molecule has 1 N–H and O–H groups in total. The fraction of sp³-hybridized carbons (Fsp3) is 1.00. The molecule has 0 bridgehead atoms. The normalized spacial score (nSPS) is 28.5. The van der Waals surface area contributed by atoms with Gasteiger partial charge in [-0.3, -0.25) is 0 Å². The predicted octanol–water partition coefficient (Wildman–Crippen LogP) is 4.00. The molecule has 0 saturated heterocycles. The van der Waals surface area contributed by atoms with E-state index in [-0.39, 0.29) is 0 Å². The second-order valence-corrected chi connectivity index (χ2v) is 5.77. The van der Waals surface area contributed by atoms with Gasteiger partial charge < -0.3 is 10.1 Å². The molecule has 0 aromatic rings. The van der Waals surface area contributed by atoms with Gasteiger partial charge in [-0.05, 0) is 57.4 Å². The standard InChI is InChI=1S/C16H33NO/c1-4-7-14-8-9-16(17-11-5-2)15(13-14)10-12-18-6-3/h14-17H,4-13H2,1-3H3. The van der Waals surface area contributed by atoms with Crippen LogP contribution in [0.1, 0.15) is 65.7 Å². The van der Waals surface area contributed by atoms with Crippen molar-refractivity contribution in [3.63, 3.8) is 0 Å². The number of hydrogen-bond donors (Lipinski definition) is 1. The van der Waals surface area contributed by atoms with Gasteiger partial charge in [-0.15, -0.1) is 0 Å². The van der Waals surface area contributed by atoms with Crippen molar-refractivity contribution in [2.45, 2.75) is 71.8 Å². The molecule has 0 radical (unpaired) electrons. The molecule has 3 atom stereocenters. The highest BCUT2D eigenvalue weighted by atomic mass is 16.5. The van der Waals surface area contributed by atoms with E-state index in [0.29, 0.717) is 0 Å². The molecule has 0 aromatic carbocycles. The van der Waals surface area contributed by atoms with Crippen molar-refractivity contribution in [2.24, 2.45) is 11.8 Å². The maximum atomic E-state index is 5.56. The Labute approximate surface area is 114 Å². The molecule has 0 amide bonds. The summed E-state index contributed by atoms with van der Waals surface area (Å²) in [6, 6.07) is 0.749. The molecule has 2 nitrogen and oxygen atoms in total. The molecule has 2 heteroatoms. The van der Waals surface area contributed by atoms with E-state index in [1.54, 1.807) is 0 Å². The lowest BCUT2D eigenvalue weighted by molar-refractivity contribution is 0.103. The first-order valence-electron chi connectivity index (χ1n) is 8.12. The van der Waals surface area contributed by atoms with E-state index in [4.69, 9.17) is 4.74 Å². The van der Waals surface area contributed by atoms with Crippen molar-refractivity contribution < 1.29 is 4.74 Å². The smallest absolute Gasteiger partial charge is 0.0469 e. The van der Waals surface area contributed by atoms with Crippen LogP contribution in [-0.4, -0.2) is 25.8 Å². The monoisotopic (exact) mass is 255 g/mol. The minimum absolute atomic E-state index is 0.749. The van der Waals surface area contributed by atoms with Gasteiger partial charge >= 0.3 is 0 Å². The summed E-state index contributed by atoms with van der Waals surface area (Å²) in [6.07, 6.45) is 9.48. The molecule has 0 aromatic heterocycles. The van der Waals surface area contributed by atoms with E-state index in [1.165, 1.54) is 51.5 Å². The largest absolute Gasteiger partial charge is 0.382 e. The third-order valence-corrected chi connectivity index (χ3v) is 4.28. The quantitative estimate of drug-likeness (QED) is 0.629. The van der Waals surface area contributed by atoms with Gasteiger partial charge in [0.05, 0.1) is 0 Å². The van der Waals surface area contributed by atoms with E-state index in [0.717, 1.165) is 31.1 Å². The summed E-state index contributed by atoms with van der Waals surface area (Å²) < 4.78 is 5.56. The Kier molecular flexibility index (Phi) is 8.70. The lowest BCUT2D eigenvalue weighted by atomic mass is 9.75. The predicted molar refractivity (Wildman–Crippen MR) is 78.9 cm³/mol. The molecule has 18 heavy (non-hydrogen) atoms. The van der Waals surface area contributed by atoms with Crippen molar-refractivity contribution in [3.8, 4) is 0 Å². The first-order chi connectivity index (χ1) is 8.81. The zero-order chi connectivity index (χ0) is 13.2. The molecule has 1 saturated carbocycles. The maximum absolute atomic E-state index is 5.56. The van der Waals surface area contributed by atoms with Gasteiger partial charge in [-0.25, -0.2) is 0 Å². The summed E-state index contributed by atoms with van der Waals surface area (Å²) in [5.41, 5.74) is 0. The molecule has 1 aliphatic rings. The minimum atomic E-state index is 0.749. The lowest BCUT2D eigenvalue weighted by Crippen LogP contribution is -2.41. The van der Waals surface area contributed by atoms with Gasteiger partial charge in [-0.1, -0.05) is 26.7 Å². The van der Waals surface area contributed by atoms with Crippen LogP contribution < -0.4 is 5.32 Å². The molecule has 1 rings (SSSR count). The summed E-state index contributed by atoms with van der Waals surface area (Å²) in [4.78, 5) is 0. The zero-order valence-corrected chi connectivity index (χ0v) is 12.7. The van der Waals surface area contributed by atoms with Crippen molar-refractivity contribution in [1.82, 2.24) is 5.32 Å². The molecule has 0 spiro atoms. The third-order valence-electron chi connectivity index (χ3n) is 4.28. The summed E-state index contributed by atoms with van der Waals surface area (Å²) in [5, 5.41) is 3.76. The number of nitrogens with one attached hydrogen (secondary N) is 1. The van der Waals surface area contributed by atoms with E-state index in [2.05, 4.69) is 26.1 Å². The average Bonchev–Trinajstić information content (AvgIpc) is 2.38. The Balaban J connectivity index is 2.38. The molecule has 108 valence electrons. The van der Waals surface area contributed by atoms with Crippen LogP contribution in [0, 0.1) is 11.8 Å². The van der Waals surface area contributed by atoms with Crippen LogP contribution >= 0.6 is 0 Å². The Morgan fingerprint density at radius 3 is 2.56 bits per heavy atom. The second kappa shape index (κ2) is 9.80. The fourth-order valence-electron chi connectivity index (χ4n) is 3.33. The van der Waals surface area contributed by atoms with Gasteiger partial charge in [0.25, 0.3) is 0 Å². The topological polar surface area (TPSA) is 21.3 Å². The zero-order valence-electron chi connectivity index (χ0n) is 12.7. The Morgan fingerprint density at radius 2 is 1.89 bits per heavy atom. The van der Waals surface area contributed by atoms with Crippen LogP contribution in [0.15, 0.2) is 0 Å². The van der Waals surface area contributed by atoms with Crippen LogP contribution in [0.3, 0.4) is 0 Å². The fourth-order valence-corrected chi connectivity index (χ4v) is 3.33. The molecule has 1 aliphatic carbocycles. The molecule has 1 fully saturated rings. The minimum Gasteiger partial charge on any atom is -0.382 e. The maximum Gasteiger partial charge on any atom is 0.0469 e. The number of hydrogen-bond acceptors (Lipinski definition) is 2. The van der Waals surface area contributed by atoms with Crippen molar-refractivity contribution in [2.75, 3.05) is 19.8 Å². The highest BCUT2D eigenvalue weighted by Crippen LogP contribution is 2.34. The Morgan fingerprint density at radius 1 is 1.06 bits per heavy atom. The first kappa shape index (κ1) is 16.0. The molecule has 3 unspecified atom stereocenters. The number of rotatable bonds is 9. The van der Waals surface area contributed by atoms with E-state index in [1.807, 2.05) is 0 Å². The highest BCUT2D eigenvalue weighted by Gasteiger charge is 2.29. The Bertz CT molecular complexity index is 196. The summed E-state index contributed by atoms with van der Waals surface area (Å²) in [5.74, 6) is 1.81. The van der Waals surface area contributed by atoms with Crippen LogP contribution in [0.25, 0.3) is 0 Å². The first-order valence-corrected chi connectivity index (χ1v) is 8.12. The molecular weight excluding hydrogens is 222 g/mol. The third kappa shape index (κ3) is 5.71. The van der Waals surface area contributed by atoms with E-state index in [9.17, 15) is 0 Å². The van der Waals surface area contributed by atoms with Crippen LogP contribution in [0.2, 0.25) is 0 Å². The SMILES string of the molecule is CCCNC1CCC(CCC)CC1CCOCC. The highest BCUT2D eigenvalue weighted by molar-refractivity contribution is 4.84. The van der Waals surface area contributed by atoms with E-state index < -0.39 is 0 Å². The second-order valence-electron chi connectivity index (χ2n) is 5.77. The van der Waals surface area contributed by atoms with Gasteiger partial charge in [0, 0.05) is 19.3 Å². The molecular formula is C16H33NO. The van der Waals surface area contributed by atoms with Gasteiger partial charge in [-0.2, -0.15) is 0 Å². The molecule has 0 aliphatic heterocycles. The lowest BCUT2D eigenvalue weighted by Gasteiger charge is -2.37. The Hall–Kier alpha value is -0.0800. The van der Waals surface area contributed by atoms with E-state index >= 15 is 0 Å². The van der Waals surface area contributed by atoms with Crippen LogP contribution in [-0.2, 0) is 4.74 Å². The summed E-state index contributed by atoms with van der Waals surface area (Å²) in [6.45, 7) is 9.64. The van der Waals surface area contributed by atoms with Crippen molar-refractivity contribution >= 4 is 0 Å². The average molecular weight is 255 g/mol. The van der Waals surface area contributed by atoms with Crippen LogP contribution in [0.4, 0.5) is 0 Å². The molecule has 0 heterocycles. The summed E-state index contributed by atoms with van der Waals surface area (Å²) >= 11 is 0. The summed E-state index contributed by atoms with van der Waals surface area (Å²) in [7, 11) is 0. The van der Waals surface area contributed by atoms with Crippen molar-refractivity contribution in [1.29, 1.82) is 0 Å². The van der Waals surface area contributed by atoms with Crippen LogP contribution in [0.5, 0.6) is 0 Å². The number of ether oxygens (including phenoxy) is 1. The van der Waals surface area contributed by atoms with Gasteiger partial charge in [0.1, 0.15) is 0 Å².